The van der Waals surface area contributed by atoms with Gasteiger partial charge in [0.15, 0.2) is 6.10 Å². The highest BCUT2D eigenvalue weighted by atomic mass is 16.6. The van der Waals surface area contributed by atoms with Crippen molar-refractivity contribution in [2.75, 3.05) is 5.32 Å². The van der Waals surface area contributed by atoms with Crippen LogP contribution in [-0.2, 0) is 4.79 Å². The Morgan fingerprint density at radius 1 is 1.26 bits per heavy atom. The van der Waals surface area contributed by atoms with Crippen LogP contribution in [0.5, 0.6) is 5.75 Å². The number of benzene rings is 2. The summed E-state index contributed by atoms with van der Waals surface area (Å²) < 4.78 is 5.47. The molecule has 0 unspecified atom stereocenters. The SMILES string of the molecule is C[C@H](Oc1ccccc1C#N)C(=O)Nc1ccccc1[N+](=O)[O-]. The average molecular weight is 311 g/mol. The van der Waals surface area contributed by atoms with Crippen LogP contribution in [-0.4, -0.2) is 16.9 Å². The number of nitriles is 1. The van der Waals surface area contributed by atoms with E-state index < -0.39 is 16.9 Å². The Bertz CT molecular complexity index is 783. The van der Waals surface area contributed by atoms with Gasteiger partial charge < -0.3 is 10.1 Å². The Morgan fingerprint density at radius 2 is 1.91 bits per heavy atom. The van der Waals surface area contributed by atoms with Gasteiger partial charge in [-0.2, -0.15) is 5.26 Å². The number of hydrogen-bond donors (Lipinski definition) is 1. The number of hydrogen-bond acceptors (Lipinski definition) is 5. The number of nitrogens with one attached hydrogen (secondary N) is 1. The number of amides is 1. The Morgan fingerprint density at radius 3 is 2.61 bits per heavy atom. The van der Waals surface area contributed by atoms with E-state index in [9.17, 15) is 14.9 Å². The second-order valence-electron chi connectivity index (χ2n) is 4.63. The highest BCUT2D eigenvalue weighted by Gasteiger charge is 2.20. The van der Waals surface area contributed by atoms with Gasteiger partial charge in [-0.1, -0.05) is 24.3 Å². The van der Waals surface area contributed by atoms with Crippen LogP contribution in [0.4, 0.5) is 11.4 Å². The molecule has 23 heavy (non-hydrogen) atoms. The minimum absolute atomic E-state index is 0.0894. The molecule has 2 aromatic rings. The number of para-hydroxylation sites is 3. The maximum absolute atomic E-state index is 12.1. The number of nitro benzene ring substituents is 1. The van der Waals surface area contributed by atoms with Crippen molar-refractivity contribution in [3.8, 4) is 11.8 Å². The maximum Gasteiger partial charge on any atom is 0.292 e. The normalized spacial score (nSPS) is 11.1. The van der Waals surface area contributed by atoms with Crippen LogP contribution in [0, 0.1) is 21.4 Å². The fraction of sp³-hybridized carbons (Fsp3) is 0.125. The first kappa shape index (κ1) is 16.0. The summed E-state index contributed by atoms with van der Waals surface area (Å²) in [5.41, 5.74) is 0.190. The lowest BCUT2D eigenvalue weighted by atomic mass is 10.2. The van der Waals surface area contributed by atoms with E-state index in [2.05, 4.69) is 5.32 Å². The first-order valence-electron chi connectivity index (χ1n) is 6.73. The second-order valence-corrected chi connectivity index (χ2v) is 4.63. The maximum atomic E-state index is 12.1. The summed E-state index contributed by atoms with van der Waals surface area (Å²) >= 11 is 0. The topological polar surface area (TPSA) is 105 Å². The number of rotatable bonds is 5. The van der Waals surface area contributed by atoms with Gasteiger partial charge in [0, 0.05) is 6.07 Å². The second kappa shape index (κ2) is 7.04. The van der Waals surface area contributed by atoms with Crippen molar-refractivity contribution in [2.45, 2.75) is 13.0 Å². The van der Waals surface area contributed by atoms with Gasteiger partial charge in [0.1, 0.15) is 17.5 Å². The highest BCUT2D eigenvalue weighted by Crippen LogP contribution is 2.24. The van der Waals surface area contributed by atoms with Crippen LogP contribution in [0.25, 0.3) is 0 Å². The summed E-state index contributed by atoms with van der Waals surface area (Å²) in [6.45, 7) is 1.50. The van der Waals surface area contributed by atoms with E-state index in [0.717, 1.165) is 0 Å². The van der Waals surface area contributed by atoms with E-state index in [1.54, 1.807) is 30.3 Å². The van der Waals surface area contributed by atoms with E-state index in [-0.39, 0.29) is 17.1 Å². The molecule has 116 valence electrons. The first-order valence-corrected chi connectivity index (χ1v) is 6.73. The van der Waals surface area contributed by atoms with Crippen molar-refractivity contribution in [1.82, 2.24) is 0 Å². The number of carbonyl (C=O) groups is 1. The van der Waals surface area contributed by atoms with Gasteiger partial charge in [-0.05, 0) is 25.1 Å². The molecule has 2 aromatic carbocycles. The minimum atomic E-state index is -0.927. The minimum Gasteiger partial charge on any atom is -0.480 e. The Labute approximate surface area is 132 Å². The van der Waals surface area contributed by atoms with E-state index >= 15 is 0 Å². The fourth-order valence-electron chi connectivity index (χ4n) is 1.88. The fourth-order valence-corrected chi connectivity index (χ4v) is 1.88. The molecule has 0 saturated heterocycles. The lowest BCUT2D eigenvalue weighted by Crippen LogP contribution is -2.30. The molecule has 0 fully saturated rings. The molecule has 0 saturated carbocycles. The number of ether oxygens (including phenoxy) is 1. The molecule has 0 radical (unpaired) electrons. The molecule has 0 aliphatic carbocycles. The molecular formula is C16H13N3O4. The summed E-state index contributed by atoms with van der Waals surface area (Å²) in [5.74, 6) is -0.271. The lowest BCUT2D eigenvalue weighted by Gasteiger charge is -2.15. The summed E-state index contributed by atoms with van der Waals surface area (Å²) in [6.07, 6.45) is -0.927. The van der Waals surface area contributed by atoms with Crippen LogP contribution in [0.15, 0.2) is 48.5 Å². The van der Waals surface area contributed by atoms with Crippen LogP contribution in [0.2, 0.25) is 0 Å². The third kappa shape index (κ3) is 3.83. The first-order chi connectivity index (χ1) is 11.0. The molecular weight excluding hydrogens is 298 g/mol. The van der Waals surface area contributed by atoms with Gasteiger partial charge in [-0.25, -0.2) is 0 Å². The largest absolute Gasteiger partial charge is 0.480 e. The van der Waals surface area contributed by atoms with E-state index in [0.29, 0.717) is 5.56 Å². The van der Waals surface area contributed by atoms with Gasteiger partial charge in [-0.15, -0.1) is 0 Å². The lowest BCUT2D eigenvalue weighted by molar-refractivity contribution is -0.383. The molecule has 7 heteroatoms. The van der Waals surface area contributed by atoms with Crippen LogP contribution >= 0.6 is 0 Å². The molecule has 0 aliphatic rings. The van der Waals surface area contributed by atoms with Crippen LogP contribution in [0.1, 0.15) is 12.5 Å². The smallest absolute Gasteiger partial charge is 0.292 e. The van der Waals surface area contributed by atoms with Gasteiger partial charge in [0.05, 0.1) is 10.5 Å². The molecule has 0 bridgehead atoms. The van der Waals surface area contributed by atoms with Gasteiger partial charge in [0.2, 0.25) is 0 Å². The number of anilines is 1. The van der Waals surface area contributed by atoms with E-state index in [1.165, 1.54) is 25.1 Å². The Kier molecular flexibility index (Phi) is 4.89. The number of nitrogens with zero attached hydrogens (tertiary/aromatic N) is 2. The van der Waals surface area contributed by atoms with Crippen molar-refractivity contribution in [3.05, 3.63) is 64.2 Å². The van der Waals surface area contributed by atoms with Gasteiger partial charge in [-0.3, -0.25) is 14.9 Å². The zero-order valence-corrected chi connectivity index (χ0v) is 12.2. The predicted octanol–water partition coefficient (Wildman–Crippen LogP) is 2.87. The van der Waals surface area contributed by atoms with Crippen molar-refractivity contribution >= 4 is 17.3 Å². The molecule has 1 amide bonds. The zero-order chi connectivity index (χ0) is 16.8. The summed E-state index contributed by atoms with van der Waals surface area (Å²) in [5, 5.41) is 22.4. The molecule has 7 nitrogen and oxygen atoms in total. The Hall–Kier alpha value is -3.40. The third-order valence-corrected chi connectivity index (χ3v) is 3.04. The molecule has 0 aromatic heterocycles. The summed E-state index contributed by atoms with van der Waals surface area (Å²) in [6, 6.07) is 14.3. The third-order valence-electron chi connectivity index (χ3n) is 3.04. The van der Waals surface area contributed by atoms with E-state index in [4.69, 9.17) is 10.00 Å². The molecule has 0 spiro atoms. The van der Waals surface area contributed by atoms with Crippen molar-refractivity contribution in [1.29, 1.82) is 5.26 Å². The molecule has 1 atom stereocenters. The van der Waals surface area contributed by atoms with Crippen LogP contribution in [0.3, 0.4) is 0 Å². The highest BCUT2D eigenvalue weighted by molar-refractivity contribution is 5.96. The molecule has 2 rings (SSSR count). The van der Waals surface area contributed by atoms with Crippen molar-refractivity contribution < 1.29 is 14.5 Å². The predicted molar refractivity (Wildman–Crippen MR) is 83.0 cm³/mol. The monoisotopic (exact) mass is 311 g/mol. The van der Waals surface area contributed by atoms with Crippen molar-refractivity contribution in [2.24, 2.45) is 0 Å². The van der Waals surface area contributed by atoms with Gasteiger partial charge in [0.25, 0.3) is 11.6 Å². The van der Waals surface area contributed by atoms with Gasteiger partial charge >= 0.3 is 0 Å². The quantitative estimate of drug-likeness (QED) is 0.675. The summed E-state index contributed by atoms with van der Waals surface area (Å²) in [4.78, 5) is 22.5. The number of nitro groups is 1. The van der Waals surface area contributed by atoms with E-state index in [1.807, 2.05) is 6.07 Å². The Balaban J connectivity index is 2.12. The summed E-state index contributed by atoms with van der Waals surface area (Å²) in [7, 11) is 0. The average Bonchev–Trinajstić information content (AvgIpc) is 2.55. The van der Waals surface area contributed by atoms with Crippen LogP contribution < -0.4 is 10.1 Å². The molecule has 0 heterocycles. The zero-order valence-electron chi connectivity index (χ0n) is 12.2. The molecule has 0 aliphatic heterocycles. The van der Waals surface area contributed by atoms with Crippen molar-refractivity contribution in [3.63, 3.8) is 0 Å². The number of carbonyl (C=O) groups excluding carboxylic acids is 1. The standard InChI is InChI=1S/C16H13N3O4/c1-11(23-15-9-5-2-6-12(15)10-17)16(20)18-13-7-3-4-8-14(13)19(21)22/h2-9,11H,1H3,(H,18,20)/t11-/m0/s1. The molecule has 1 N–H and O–H groups in total.